The molecule has 1 aromatic carbocycles. The van der Waals surface area contributed by atoms with Crippen LogP contribution in [0.1, 0.15) is 55.7 Å². The number of likely N-dealkylation sites (tertiary alicyclic amines) is 1. The van der Waals surface area contributed by atoms with E-state index in [1.807, 2.05) is 26.0 Å². The van der Waals surface area contributed by atoms with Gasteiger partial charge in [0, 0.05) is 7.11 Å². The van der Waals surface area contributed by atoms with Crippen molar-refractivity contribution in [1.29, 1.82) is 0 Å². The van der Waals surface area contributed by atoms with Gasteiger partial charge in [-0.3, -0.25) is 9.59 Å². The van der Waals surface area contributed by atoms with Gasteiger partial charge in [-0.1, -0.05) is 25.0 Å². The van der Waals surface area contributed by atoms with Gasteiger partial charge in [0.15, 0.2) is 0 Å². The molecule has 2 fully saturated rings. The number of ether oxygens (including phenoxy) is 2. The Morgan fingerprint density at radius 1 is 1.15 bits per heavy atom. The fourth-order valence-corrected chi connectivity index (χ4v) is 6.56. The Labute approximate surface area is 229 Å². The summed E-state index contributed by atoms with van der Waals surface area (Å²) in [7, 11) is 1.62. The first kappa shape index (κ1) is 29.0. The fourth-order valence-electron chi connectivity index (χ4n) is 6.56. The molecule has 2 N–H and O–H groups in total. The number of hydrogen-bond acceptors (Lipinski definition) is 8. The minimum atomic E-state index is -1.10. The zero-order chi connectivity index (χ0) is 28.4. The summed E-state index contributed by atoms with van der Waals surface area (Å²) in [6.45, 7) is 6.16. The van der Waals surface area contributed by atoms with Crippen LogP contribution in [-0.4, -0.2) is 67.0 Å². The molecule has 3 aliphatic rings. The maximum Gasteiger partial charge on any atom is 0.455 e. The van der Waals surface area contributed by atoms with Crippen LogP contribution in [0.3, 0.4) is 0 Å². The van der Waals surface area contributed by atoms with Crippen molar-refractivity contribution in [2.75, 3.05) is 20.8 Å². The van der Waals surface area contributed by atoms with Crippen LogP contribution < -0.4 is 0 Å². The molecule has 0 spiro atoms. The average Bonchev–Trinajstić information content (AvgIpc) is 3.14. The largest absolute Gasteiger partial charge is 0.507 e. The van der Waals surface area contributed by atoms with Crippen LogP contribution in [0, 0.1) is 31.6 Å². The molecule has 10 heteroatoms. The zero-order valence-corrected chi connectivity index (χ0v) is 23.4. The number of benzene rings is 1. The van der Waals surface area contributed by atoms with E-state index in [1.165, 1.54) is 5.57 Å². The number of carbonyl (C=O) groups is 3. The van der Waals surface area contributed by atoms with Gasteiger partial charge in [-0.25, -0.2) is 4.79 Å². The number of allylic oxidation sites excluding steroid dienone is 1. The van der Waals surface area contributed by atoms with Gasteiger partial charge in [-0.15, -0.1) is 0 Å². The predicted molar refractivity (Wildman–Crippen MR) is 146 cm³/mol. The molecule has 4 rings (SSSR count). The van der Waals surface area contributed by atoms with Crippen LogP contribution in [0.5, 0.6) is 5.75 Å². The van der Waals surface area contributed by atoms with E-state index in [-0.39, 0.29) is 12.9 Å². The first-order valence-electron chi connectivity index (χ1n) is 13.6. The number of phenolic OH excluding ortho intramolecular Hbond substituents is 1. The number of nitrogens with zero attached hydrogens (tertiary/aromatic N) is 1. The monoisotopic (exact) mass is 539 g/mol. The van der Waals surface area contributed by atoms with Gasteiger partial charge < -0.3 is 24.3 Å². The summed E-state index contributed by atoms with van der Waals surface area (Å²) >= 11 is 0. The molecule has 1 aliphatic carbocycles. The van der Waals surface area contributed by atoms with Crippen molar-refractivity contribution in [2.24, 2.45) is 17.8 Å². The minimum absolute atomic E-state index is 0.165. The lowest BCUT2D eigenvalue weighted by Gasteiger charge is -2.43. The van der Waals surface area contributed by atoms with Crippen LogP contribution in [0.15, 0.2) is 28.9 Å². The highest BCUT2D eigenvalue weighted by Gasteiger charge is 2.59. The molecule has 39 heavy (non-hydrogen) atoms. The number of aryl methyl sites for hydroxylation is 2. The van der Waals surface area contributed by atoms with Crippen molar-refractivity contribution in [3.05, 3.63) is 45.5 Å². The van der Waals surface area contributed by atoms with Crippen molar-refractivity contribution in [3.8, 4) is 5.75 Å². The molecule has 3 amide bonds. The smallest absolute Gasteiger partial charge is 0.455 e. The summed E-state index contributed by atoms with van der Waals surface area (Å²) in [6, 6.07) is 3.93. The number of methoxy groups -OCH3 is 2. The second-order valence-corrected chi connectivity index (χ2v) is 10.8. The average molecular weight is 539 g/mol. The van der Waals surface area contributed by atoms with E-state index in [0.717, 1.165) is 47.8 Å². The molecular weight excluding hydrogens is 501 g/mol. The number of imide groups is 3. The van der Waals surface area contributed by atoms with Crippen LogP contribution in [-0.2, 0) is 23.7 Å². The third-order valence-corrected chi connectivity index (χ3v) is 8.17. The van der Waals surface area contributed by atoms with Crippen LogP contribution >= 0.6 is 0 Å². The summed E-state index contributed by atoms with van der Waals surface area (Å²) < 4.78 is 16.2. The summed E-state index contributed by atoms with van der Waals surface area (Å²) in [4.78, 5) is 39.3. The summed E-state index contributed by atoms with van der Waals surface area (Å²) in [5.41, 5.74) is 5.67. The molecule has 1 aromatic rings. The maximum absolute atomic E-state index is 13.3. The minimum Gasteiger partial charge on any atom is -0.507 e. The number of carbonyl (C=O) groups excluding carboxylic acids is 3. The van der Waals surface area contributed by atoms with Gasteiger partial charge in [0.2, 0.25) is 11.8 Å². The first-order chi connectivity index (χ1) is 18.6. The second-order valence-electron chi connectivity index (χ2n) is 10.8. The van der Waals surface area contributed by atoms with Gasteiger partial charge >= 0.3 is 13.2 Å². The van der Waals surface area contributed by atoms with Crippen molar-refractivity contribution in [1.82, 2.24) is 4.90 Å². The van der Waals surface area contributed by atoms with Crippen molar-refractivity contribution in [3.63, 3.8) is 0 Å². The molecule has 210 valence electrons. The van der Waals surface area contributed by atoms with E-state index >= 15 is 0 Å². The molecule has 9 nitrogen and oxygen atoms in total. The Morgan fingerprint density at radius 2 is 1.85 bits per heavy atom. The number of hydrogen-bond donors (Lipinski definition) is 2. The van der Waals surface area contributed by atoms with E-state index < -0.39 is 48.9 Å². The molecule has 0 unspecified atom stereocenters. The molecule has 2 heterocycles. The molecule has 0 saturated carbocycles. The normalized spacial score (nSPS) is 25.2. The third-order valence-electron chi connectivity index (χ3n) is 8.17. The van der Waals surface area contributed by atoms with E-state index in [0.29, 0.717) is 29.9 Å². The van der Waals surface area contributed by atoms with E-state index in [9.17, 15) is 24.5 Å². The standard InChI is InChI=1S/C29H38BNO8/c1-6-7-18(12-19-10-16(2)26(32)17(3)11-19)8-9-23-24-20(15-37-4)13-21-25(22(24)14-30(36)39-23)28(34)31(27(21)33)29(35)38-5/h10-12,21-23,25,32,36H,6-9,13-15H2,1-5H3/b18-12+/t21-,22+,23-,25-/m1/s1. The number of amides is 3. The number of rotatable bonds is 8. The Balaban J connectivity index is 1.64. The summed E-state index contributed by atoms with van der Waals surface area (Å²) in [5.74, 6) is -2.71. The topological polar surface area (TPSA) is 123 Å². The molecule has 0 aromatic heterocycles. The molecule has 2 saturated heterocycles. The van der Waals surface area contributed by atoms with Crippen LogP contribution in [0.25, 0.3) is 6.08 Å². The highest BCUT2D eigenvalue weighted by Crippen LogP contribution is 2.50. The van der Waals surface area contributed by atoms with E-state index in [4.69, 9.17) is 14.1 Å². The highest BCUT2D eigenvalue weighted by molar-refractivity contribution is 6.43. The van der Waals surface area contributed by atoms with Crippen molar-refractivity contribution < 1.29 is 38.6 Å². The lowest BCUT2D eigenvalue weighted by Crippen LogP contribution is -2.46. The lowest BCUT2D eigenvalue weighted by atomic mass is 9.58. The summed E-state index contributed by atoms with van der Waals surface area (Å²) in [6.07, 6.45) is 4.30. The van der Waals surface area contributed by atoms with Gasteiger partial charge in [0.05, 0.1) is 31.7 Å². The van der Waals surface area contributed by atoms with E-state index in [2.05, 4.69) is 13.0 Å². The van der Waals surface area contributed by atoms with E-state index in [1.54, 1.807) is 7.11 Å². The lowest BCUT2D eigenvalue weighted by molar-refractivity contribution is -0.137. The van der Waals surface area contributed by atoms with Gasteiger partial charge in [0.1, 0.15) is 5.75 Å². The quantitative estimate of drug-likeness (QED) is 0.287. The summed E-state index contributed by atoms with van der Waals surface area (Å²) in [5, 5.41) is 20.9. The fraction of sp³-hybridized carbons (Fsp3) is 0.552. The Morgan fingerprint density at radius 3 is 2.46 bits per heavy atom. The SMILES string of the molecule is CCC/C(=C\c1cc(C)c(O)c(C)c1)CC[C@H]1OB(O)C[C@H]2C1=C(COC)C[C@H]1C(=O)N(C(=O)OC)C(=O)[C@H]12. The van der Waals surface area contributed by atoms with Gasteiger partial charge in [-0.2, -0.15) is 4.90 Å². The predicted octanol–water partition coefficient (Wildman–Crippen LogP) is 4.18. The molecule has 2 aliphatic heterocycles. The van der Waals surface area contributed by atoms with Crippen LogP contribution in [0.4, 0.5) is 4.79 Å². The Bertz CT molecular complexity index is 1180. The number of aromatic hydroxyl groups is 1. The first-order valence-corrected chi connectivity index (χ1v) is 13.6. The molecule has 0 radical (unpaired) electrons. The Hall–Kier alpha value is -2.95. The molecular formula is C29H38BNO8. The zero-order valence-electron chi connectivity index (χ0n) is 23.4. The second kappa shape index (κ2) is 12.1. The van der Waals surface area contributed by atoms with Crippen molar-refractivity contribution in [2.45, 2.75) is 65.3 Å². The maximum atomic E-state index is 13.3. The molecule has 0 bridgehead atoms. The Kier molecular flexibility index (Phi) is 8.98. The number of phenols is 1. The van der Waals surface area contributed by atoms with Gasteiger partial charge in [0.25, 0.3) is 0 Å². The third kappa shape index (κ3) is 5.69. The molecule has 4 atom stereocenters. The van der Waals surface area contributed by atoms with Crippen molar-refractivity contribution >= 4 is 31.1 Å². The van der Waals surface area contributed by atoms with Gasteiger partial charge in [-0.05, 0) is 91.7 Å². The number of fused-ring (bicyclic) bond motifs is 3. The highest BCUT2D eigenvalue weighted by atomic mass is 16.5. The van der Waals surface area contributed by atoms with Crippen LogP contribution in [0.2, 0.25) is 6.32 Å².